The van der Waals surface area contributed by atoms with Gasteiger partial charge in [0, 0.05) is 18.3 Å². The Morgan fingerprint density at radius 3 is 2.58 bits per heavy atom. The summed E-state index contributed by atoms with van der Waals surface area (Å²) in [5, 5.41) is 14.9. The molecular weight excluding hydrogens is 397 g/mol. The summed E-state index contributed by atoms with van der Waals surface area (Å²) in [5.41, 5.74) is 0.451. The topological polar surface area (TPSA) is 81.7 Å². The van der Waals surface area contributed by atoms with E-state index in [1.807, 2.05) is 0 Å². The number of hydrogen-bond donors (Lipinski definition) is 3. The number of benzene rings is 1. The summed E-state index contributed by atoms with van der Waals surface area (Å²) in [5.74, 6) is -1.66. The minimum absolute atomic E-state index is 0.0734. The van der Waals surface area contributed by atoms with Crippen LogP contribution in [0.3, 0.4) is 0 Å². The van der Waals surface area contributed by atoms with Crippen molar-refractivity contribution < 1.29 is 14.7 Å². The molecule has 24 heavy (non-hydrogen) atoms. The van der Waals surface area contributed by atoms with Gasteiger partial charge in [-0.05, 0) is 31.3 Å². The van der Waals surface area contributed by atoms with Crippen LogP contribution in [0.25, 0.3) is 0 Å². The zero-order valence-electron chi connectivity index (χ0n) is 12.7. The second-order valence-corrected chi connectivity index (χ2v) is 6.87. The predicted molar refractivity (Wildman–Crippen MR) is 100 cm³/mol. The number of amides is 1. The van der Waals surface area contributed by atoms with E-state index < -0.39 is 16.8 Å². The fourth-order valence-corrected chi connectivity index (χ4v) is 2.37. The number of aromatic carboxylic acids is 1. The lowest BCUT2D eigenvalue weighted by Gasteiger charge is -2.23. The average molecular weight is 413 g/mol. The first-order chi connectivity index (χ1) is 11.2. The van der Waals surface area contributed by atoms with E-state index in [9.17, 15) is 9.59 Å². The average Bonchev–Trinajstić information content (AvgIpc) is 2.54. The first-order valence-corrected chi connectivity index (χ1v) is 8.44. The van der Waals surface area contributed by atoms with Crippen LogP contribution in [0.1, 0.15) is 17.3 Å². The Kier molecular flexibility index (Phi) is 8.02. The van der Waals surface area contributed by atoms with Crippen molar-refractivity contribution in [3.8, 4) is 0 Å². The number of thiocarbonyl (C=S) groups is 1. The van der Waals surface area contributed by atoms with E-state index in [1.54, 1.807) is 18.2 Å². The largest absolute Gasteiger partial charge is 0.478 e. The zero-order chi connectivity index (χ0) is 18.3. The first-order valence-electron chi connectivity index (χ1n) is 6.79. The Hall–Kier alpha value is -1.28. The normalized spacial score (nSPS) is 12.8. The number of nitrogens with one attached hydrogen (secondary N) is 2. The van der Waals surface area contributed by atoms with E-state index in [0.717, 1.165) is 4.42 Å². The monoisotopic (exact) mass is 411 g/mol. The number of alkyl halides is 2. The van der Waals surface area contributed by atoms with Crippen molar-refractivity contribution in [3.63, 3.8) is 0 Å². The summed E-state index contributed by atoms with van der Waals surface area (Å²) in [6.07, 6.45) is 0. The highest BCUT2D eigenvalue weighted by atomic mass is 35.5. The van der Waals surface area contributed by atoms with Crippen molar-refractivity contribution >= 4 is 69.9 Å². The number of hydrogen-bond acceptors (Lipinski definition) is 3. The number of rotatable bonds is 7. The summed E-state index contributed by atoms with van der Waals surface area (Å²) < 4.78 is 0.927. The SMILES string of the molecule is CC(Cl)(CCl)C(=O)N(Cl)CCNC(=S)Nc1ccccc1C(=O)O. The Morgan fingerprint density at radius 2 is 2.00 bits per heavy atom. The minimum atomic E-state index is -1.28. The molecule has 1 atom stereocenters. The third-order valence-corrected chi connectivity index (χ3v) is 4.45. The molecule has 1 rings (SSSR count). The van der Waals surface area contributed by atoms with Gasteiger partial charge >= 0.3 is 5.97 Å². The molecule has 1 aromatic rings. The highest BCUT2D eigenvalue weighted by Gasteiger charge is 2.33. The van der Waals surface area contributed by atoms with Gasteiger partial charge in [0.15, 0.2) is 5.11 Å². The lowest BCUT2D eigenvalue weighted by molar-refractivity contribution is -0.128. The smallest absolute Gasteiger partial charge is 0.337 e. The second-order valence-electron chi connectivity index (χ2n) is 4.95. The molecule has 10 heteroatoms. The molecule has 0 aliphatic heterocycles. The molecule has 0 radical (unpaired) electrons. The van der Waals surface area contributed by atoms with Crippen molar-refractivity contribution in [2.45, 2.75) is 11.8 Å². The number of anilines is 1. The van der Waals surface area contributed by atoms with Gasteiger partial charge in [0.05, 0.1) is 23.7 Å². The molecule has 1 amide bonds. The van der Waals surface area contributed by atoms with Crippen molar-refractivity contribution in [2.75, 3.05) is 24.3 Å². The lowest BCUT2D eigenvalue weighted by atomic mass is 10.2. The first kappa shape index (κ1) is 20.8. The summed E-state index contributed by atoms with van der Waals surface area (Å²) in [4.78, 5) is 21.8. The van der Waals surface area contributed by atoms with Crippen LogP contribution in [-0.2, 0) is 4.79 Å². The molecule has 0 heterocycles. The number of carbonyl (C=O) groups is 2. The van der Waals surface area contributed by atoms with Crippen LogP contribution in [0.4, 0.5) is 5.69 Å². The molecule has 0 bridgehead atoms. The fraction of sp³-hybridized carbons (Fsp3) is 0.357. The van der Waals surface area contributed by atoms with Crippen molar-refractivity contribution in [1.82, 2.24) is 9.74 Å². The highest BCUT2D eigenvalue weighted by molar-refractivity contribution is 7.80. The van der Waals surface area contributed by atoms with E-state index in [1.165, 1.54) is 13.0 Å². The maximum Gasteiger partial charge on any atom is 0.337 e. The van der Waals surface area contributed by atoms with Crippen LogP contribution in [0.5, 0.6) is 0 Å². The predicted octanol–water partition coefficient (Wildman–Crippen LogP) is 2.89. The van der Waals surface area contributed by atoms with Gasteiger partial charge < -0.3 is 15.7 Å². The third kappa shape index (κ3) is 5.98. The van der Waals surface area contributed by atoms with Crippen molar-refractivity contribution in [3.05, 3.63) is 29.8 Å². The van der Waals surface area contributed by atoms with Crippen LogP contribution in [-0.4, -0.2) is 50.4 Å². The molecule has 0 saturated heterocycles. The van der Waals surface area contributed by atoms with E-state index in [0.29, 0.717) is 5.69 Å². The summed E-state index contributed by atoms with van der Waals surface area (Å²) in [7, 11) is 0. The number of para-hydroxylation sites is 1. The Morgan fingerprint density at radius 1 is 1.38 bits per heavy atom. The molecule has 0 spiro atoms. The minimum Gasteiger partial charge on any atom is -0.478 e. The Bertz CT molecular complexity index is 628. The van der Waals surface area contributed by atoms with E-state index in [2.05, 4.69) is 10.6 Å². The summed E-state index contributed by atoms with van der Waals surface area (Å²) in [6.45, 7) is 1.84. The molecule has 132 valence electrons. The van der Waals surface area contributed by atoms with Gasteiger partial charge in [-0.1, -0.05) is 12.1 Å². The zero-order valence-corrected chi connectivity index (χ0v) is 15.8. The number of nitrogens with zero attached hydrogens (tertiary/aromatic N) is 1. The second kappa shape index (κ2) is 9.27. The maximum absolute atomic E-state index is 11.9. The lowest BCUT2D eigenvalue weighted by Crippen LogP contribution is -2.43. The number of carbonyl (C=O) groups excluding carboxylic acids is 1. The van der Waals surface area contributed by atoms with Crippen LogP contribution in [0.15, 0.2) is 24.3 Å². The van der Waals surface area contributed by atoms with Gasteiger partial charge in [-0.3, -0.25) is 9.21 Å². The van der Waals surface area contributed by atoms with Crippen molar-refractivity contribution in [1.29, 1.82) is 0 Å². The van der Waals surface area contributed by atoms with Gasteiger partial charge in [-0.25, -0.2) is 4.79 Å². The van der Waals surface area contributed by atoms with Gasteiger partial charge in [-0.15, -0.1) is 23.2 Å². The van der Waals surface area contributed by atoms with Gasteiger partial charge in [0.1, 0.15) is 4.87 Å². The summed E-state index contributed by atoms with van der Waals surface area (Å²) in [6, 6.07) is 6.35. The molecule has 1 unspecified atom stereocenters. The Balaban J connectivity index is 2.51. The molecule has 0 fully saturated rings. The van der Waals surface area contributed by atoms with Gasteiger partial charge in [0.2, 0.25) is 0 Å². The number of carboxylic acid groups (broad SMARTS) is 1. The van der Waals surface area contributed by atoms with E-state index in [4.69, 9.17) is 52.3 Å². The van der Waals surface area contributed by atoms with Crippen LogP contribution < -0.4 is 10.6 Å². The van der Waals surface area contributed by atoms with Crippen LogP contribution in [0.2, 0.25) is 0 Å². The Labute approximate surface area is 160 Å². The molecule has 0 aliphatic carbocycles. The van der Waals surface area contributed by atoms with Gasteiger partial charge in [0.25, 0.3) is 5.91 Å². The molecule has 3 N–H and O–H groups in total. The number of carboxylic acids is 1. The molecule has 0 aliphatic rings. The standard InChI is InChI=1S/C14H16Cl3N3O3S/c1-14(16,8-15)12(23)20(17)7-6-18-13(24)19-10-5-3-2-4-9(10)11(21)22/h2-5H,6-8H2,1H3,(H,21,22)(H2,18,19,24). The quantitative estimate of drug-likeness (QED) is 0.363. The molecule has 1 aromatic carbocycles. The third-order valence-electron chi connectivity index (χ3n) is 2.92. The summed E-state index contributed by atoms with van der Waals surface area (Å²) >= 11 is 22.5. The number of halogens is 3. The van der Waals surface area contributed by atoms with Crippen LogP contribution in [0, 0.1) is 0 Å². The molecule has 0 saturated carbocycles. The molecule has 0 aromatic heterocycles. The molecular formula is C14H16Cl3N3O3S. The van der Waals surface area contributed by atoms with Crippen molar-refractivity contribution in [2.24, 2.45) is 0 Å². The van der Waals surface area contributed by atoms with Gasteiger partial charge in [-0.2, -0.15) is 0 Å². The fourth-order valence-electron chi connectivity index (χ4n) is 1.62. The maximum atomic E-state index is 11.9. The van der Waals surface area contributed by atoms with E-state index in [-0.39, 0.29) is 29.6 Å². The molecule has 6 nitrogen and oxygen atoms in total. The van der Waals surface area contributed by atoms with E-state index >= 15 is 0 Å². The van der Waals surface area contributed by atoms with Crippen LogP contribution >= 0.6 is 47.2 Å². The highest BCUT2D eigenvalue weighted by Crippen LogP contribution is 2.20.